The summed E-state index contributed by atoms with van der Waals surface area (Å²) < 4.78 is 20.2. The fourth-order valence-corrected chi connectivity index (χ4v) is 4.94. The van der Waals surface area contributed by atoms with Gasteiger partial charge in [-0.05, 0) is 55.1 Å². The molecule has 2 aromatic heterocycles. The zero-order valence-corrected chi connectivity index (χ0v) is 22.1. The molecule has 1 aliphatic heterocycles. The fraction of sp³-hybridized carbons (Fsp3) is 0.167. The van der Waals surface area contributed by atoms with Crippen molar-refractivity contribution in [3.05, 3.63) is 101 Å². The number of nitro benzene ring substituents is 1. The number of non-ortho nitro benzene ring substituents is 1. The highest BCUT2D eigenvalue weighted by molar-refractivity contribution is 6.07. The molecule has 0 atom stereocenters. The molecule has 0 unspecified atom stereocenters. The largest absolute Gasteiger partial charge is 0.437 e. The van der Waals surface area contributed by atoms with Crippen molar-refractivity contribution in [3.63, 3.8) is 0 Å². The van der Waals surface area contributed by atoms with Gasteiger partial charge < -0.3 is 19.5 Å². The number of hydrogen-bond donors (Lipinski definition) is 1. The van der Waals surface area contributed by atoms with E-state index in [1.165, 1.54) is 42.7 Å². The van der Waals surface area contributed by atoms with Crippen LogP contribution in [0.5, 0.6) is 0 Å². The number of nitrogens with one attached hydrogen (secondary N) is 1. The van der Waals surface area contributed by atoms with Gasteiger partial charge in [-0.2, -0.15) is 0 Å². The molecule has 3 aromatic carbocycles. The number of fused-ring (bicyclic) bond motifs is 1. The summed E-state index contributed by atoms with van der Waals surface area (Å²) in [6, 6.07) is 18.8. The topological polar surface area (TPSA) is 118 Å². The normalized spacial score (nSPS) is 13.9. The maximum atomic E-state index is 13.9. The first-order valence-electron chi connectivity index (χ1n) is 13.0. The summed E-state index contributed by atoms with van der Waals surface area (Å²) >= 11 is 0. The van der Waals surface area contributed by atoms with Gasteiger partial charge in [0.05, 0.1) is 10.3 Å². The highest BCUT2D eigenvalue weighted by Crippen LogP contribution is 2.43. The highest BCUT2D eigenvalue weighted by atomic mass is 19.1. The van der Waals surface area contributed by atoms with E-state index in [2.05, 4.69) is 32.1 Å². The lowest BCUT2D eigenvalue weighted by molar-refractivity contribution is -0.384. The minimum absolute atomic E-state index is 0.162. The fourth-order valence-electron chi connectivity index (χ4n) is 4.94. The second-order valence-electron chi connectivity index (χ2n) is 9.82. The van der Waals surface area contributed by atoms with E-state index < -0.39 is 10.8 Å². The molecule has 0 saturated carbocycles. The van der Waals surface area contributed by atoms with E-state index in [0.29, 0.717) is 17.2 Å². The molecule has 1 amide bonds. The number of carbonyl (C=O) groups is 1. The molecule has 206 valence electrons. The molecule has 5 aromatic rings. The van der Waals surface area contributed by atoms with E-state index in [0.717, 1.165) is 54.1 Å². The Balaban J connectivity index is 1.38. The Hall–Kier alpha value is -5.16. The number of rotatable bonds is 6. The molecule has 1 saturated heterocycles. The lowest BCUT2D eigenvalue weighted by Crippen LogP contribution is -2.44. The van der Waals surface area contributed by atoms with Crippen molar-refractivity contribution in [1.82, 2.24) is 14.9 Å². The molecule has 0 bridgehead atoms. The lowest BCUT2D eigenvalue weighted by Gasteiger charge is -2.33. The molecule has 0 radical (unpaired) electrons. The van der Waals surface area contributed by atoms with Gasteiger partial charge >= 0.3 is 0 Å². The smallest absolute Gasteiger partial charge is 0.270 e. The monoisotopic (exact) mass is 552 g/mol. The standard InChI is InChI=1S/C30H25FN6O4/c1-35-13-15-36(16-14-35)28-26-25(19-5-9-22(31)10-6-19)27(41-30(26)33-18-32-28)20-7-11-23(12-8-20)34-29(38)21-3-2-4-24(17-21)37(39)40/h2-12,17-18H,13-16H2,1H3,(H,34,38). The van der Waals surface area contributed by atoms with Crippen LogP contribution in [0.25, 0.3) is 33.6 Å². The number of nitrogens with zero attached hydrogens (tertiary/aromatic N) is 5. The van der Waals surface area contributed by atoms with Crippen LogP contribution in [-0.2, 0) is 0 Å². The van der Waals surface area contributed by atoms with Gasteiger partial charge in [0.25, 0.3) is 11.6 Å². The third kappa shape index (κ3) is 5.22. The number of nitro groups is 1. The number of hydrogen-bond acceptors (Lipinski definition) is 8. The van der Waals surface area contributed by atoms with Crippen LogP contribution in [0.2, 0.25) is 0 Å². The number of carbonyl (C=O) groups excluding carboxylic acids is 1. The van der Waals surface area contributed by atoms with E-state index >= 15 is 0 Å². The van der Waals surface area contributed by atoms with Gasteiger partial charge in [-0.1, -0.05) is 18.2 Å². The SMILES string of the molecule is CN1CCN(c2ncnc3oc(-c4ccc(NC(=O)c5cccc([N+](=O)[O-])c5)cc4)c(-c4ccc(F)cc4)c23)CC1. The molecule has 6 rings (SSSR count). The third-order valence-corrected chi connectivity index (χ3v) is 7.13. The van der Waals surface area contributed by atoms with Crippen molar-refractivity contribution >= 4 is 34.2 Å². The van der Waals surface area contributed by atoms with Crippen LogP contribution in [0.15, 0.2) is 83.5 Å². The second-order valence-corrected chi connectivity index (χ2v) is 9.82. The van der Waals surface area contributed by atoms with Gasteiger partial charge in [-0.25, -0.2) is 14.4 Å². The Kier molecular flexibility index (Phi) is 6.86. The Bertz CT molecular complexity index is 1750. The summed E-state index contributed by atoms with van der Waals surface area (Å²) in [5.74, 6) is 0.490. The van der Waals surface area contributed by atoms with E-state index in [-0.39, 0.29) is 17.1 Å². The molecule has 41 heavy (non-hydrogen) atoms. The molecule has 0 aliphatic carbocycles. The zero-order chi connectivity index (χ0) is 28.5. The number of benzene rings is 3. The number of furan rings is 1. The molecular weight excluding hydrogens is 527 g/mol. The van der Waals surface area contributed by atoms with Crippen molar-refractivity contribution in [2.24, 2.45) is 0 Å². The van der Waals surface area contributed by atoms with Crippen LogP contribution in [0, 0.1) is 15.9 Å². The Morgan fingerprint density at radius 1 is 0.976 bits per heavy atom. The second kappa shape index (κ2) is 10.8. The Morgan fingerprint density at radius 3 is 2.39 bits per heavy atom. The van der Waals surface area contributed by atoms with E-state index in [1.807, 2.05) is 0 Å². The minimum atomic E-state index is -0.545. The molecule has 10 nitrogen and oxygen atoms in total. The maximum absolute atomic E-state index is 13.9. The quantitative estimate of drug-likeness (QED) is 0.213. The third-order valence-electron chi connectivity index (χ3n) is 7.13. The number of halogens is 1. The summed E-state index contributed by atoms with van der Waals surface area (Å²) in [6.07, 6.45) is 1.49. The number of amides is 1. The number of aromatic nitrogens is 2. The first-order chi connectivity index (χ1) is 19.9. The van der Waals surface area contributed by atoms with Crippen LogP contribution in [-0.4, -0.2) is 58.9 Å². The number of anilines is 2. The molecule has 1 fully saturated rings. The van der Waals surface area contributed by atoms with Crippen molar-refractivity contribution in [2.75, 3.05) is 43.4 Å². The van der Waals surface area contributed by atoms with Gasteiger partial charge in [0.2, 0.25) is 5.71 Å². The molecule has 1 N–H and O–H groups in total. The first-order valence-corrected chi connectivity index (χ1v) is 13.0. The van der Waals surface area contributed by atoms with Crippen LogP contribution < -0.4 is 10.2 Å². The first kappa shape index (κ1) is 26.1. The summed E-state index contributed by atoms with van der Waals surface area (Å²) in [5, 5.41) is 14.6. The average molecular weight is 553 g/mol. The van der Waals surface area contributed by atoms with Crippen LogP contribution in [0.4, 0.5) is 21.6 Å². The highest BCUT2D eigenvalue weighted by Gasteiger charge is 2.26. The molecule has 3 heterocycles. The van der Waals surface area contributed by atoms with Crippen molar-refractivity contribution in [1.29, 1.82) is 0 Å². The molecular formula is C30H25FN6O4. The maximum Gasteiger partial charge on any atom is 0.270 e. The lowest BCUT2D eigenvalue weighted by atomic mass is 9.98. The van der Waals surface area contributed by atoms with Crippen molar-refractivity contribution < 1.29 is 18.5 Å². The Morgan fingerprint density at radius 2 is 1.68 bits per heavy atom. The predicted octanol–water partition coefficient (Wildman–Crippen LogP) is 5.61. The van der Waals surface area contributed by atoms with Gasteiger partial charge in [0.1, 0.15) is 23.7 Å². The Labute approximate surface area is 234 Å². The average Bonchev–Trinajstić information content (AvgIpc) is 3.38. The van der Waals surface area contributed by atoms with Crippen LogP contribution in [0.1, 0.15) is 10.4 Å². The summed E-state index contributed by atoms with van der Waals surface area (Å²) in [4.78, 5) is 36.8. The predicted molar refractivity (Wildman–Crippen MR) is 153 cm³/mol. The van der Waals surface area contributed by atoms with Crippen molar-refractivity contribution in [3.8, 4) is 22.5 Å². The minimum Gasteiger partial charge on any atom is -0.437 e. The van der Waals surface area contributed by atoms with Crippen molar-refractivity contribution in [2.45, 2.75) is 0 Å². The van der Waals surface area contributed by atoms with E-state index in [9.17, 15) is 19.3 Å². The van der Waals surface area contributed by atoms with Gasteiger partial charge in [-0.3, -0.25) is 14.9 Å². The molecule has 1 aliphatic rings. The van der Waals surface area contributed by atoms with Crippen LogP contribution >= 0.6 is 0 Å². The summed E-state index contributed by atoms with van der Waals surface area (Å²) in [6.45, 7) is 3.38. The van der Waals surface area contributed by atoms with Gasteiger partial charge in [-0.15, -0.1) is 0 Å². The number of likely N-dealkylation sites (N-methyl/N-ethyl adjacent to an activating group) is 1. The van der Waals surface area contributed by atoms with E-state index in [4.69, 9.17) is 4.42 Å². The number of piperazine rings is 1. The van der Waals surface area contributed by atoms with E-state index in [1.54, 1.807) is 36.4 Å². The zero-order valence-electron chi connectivity index (χ0n) is 22.1. The summed E-state index contributed by atoms with van der Waals surface area (Å²) in [7, 11) is 2.09. The molecule has 0 spiro atoms. The van der Waals surface area contributed by atoms with Gasteiger partial charge in [0.15, 0.2) is 0 Å². The molecule has 11 heteroatoms. The summed E-state index contributed by atoms with van der Waals surface area (Å²) in [5.41, 5.74) is 3.17. The van der Waals surface area contributed by atoms with Gasteiger partial charge in [0, 0.05) is 60.7 Å². The van der Waals surface area contributed by atoms with Crippen LogP contribution in [0.3, 0.4) is 0 Å².